The maximum Gasteiger partial charge on any atom is 0.160 e. The molecule has 2 N–H and O–H groups in total. The summed E-state index contributed by atoms with van der Waals surface area (Å²) in [5.41, 5.74) is 8.34. The highest BCUT2D eigenvalue weighted by Crippen LogP contribution is 2.30. The predicted molar refractivity (Wildman–Crippen MR) is 83.6 cm³/mol. The zero-order valence-corrected chi connectivity index (χ0v) is 11.9. The Hall–Kier alpha value is -2.36. The van der Waals surface area contributed by atoms with Crippen LogP contribution in [0.5, 0.6) is 0 Å². The number of aromatic nitrogens is 2. The van der Waals surface area contributed by atoms with E-state index in [1.54, 1.807) is 12.3 Å². The molecule has 108 valence electrons. The lowest BCUT2D eigenvalue weighted by Crippen LogP contribution is -2.01. The zero-order chi connectivity index (χ0) is 14.7. The molecule has 3 rings (SSSR count). The summed E-state index contributed by atoms with van der Waals surface area (Å²) in [6.07, 6.45) is 10.1. The Labute approximate surface area is 124 Å². The first-order valence-electron chi connectivity index (χ1n) is 7.27. The number of para-hydroxylation sites is 1. The zero-order valence-electron chi connectivity index (χ0n) is 11.9. The third-order valence-electron chi connectivity index (χ3n) is 3.68. The first-order chi connectivity index (χ1) is 10.2. The maximum absolute atomic E-state index is 12.0. The van der Waals surface area contributed by atoms with Crippen molar-refractivity contribution >= 4 is 17.5 Å². The van der Waals surface area contributed by atoms with Gasteiger partial charge in [0.25, 0.3) is 0 Å². The number of carbonyl (C=O) groups is 1. The maximum atomic E-state index is 12.0. The number of benzene rings is 1. The van der Waals surface area contributed by atoms with Gasteiger partial charge in [-0.2, -0.15) is 5.10 Å². The average molecular weight is 281 g/mol. The molecular formula is C17H19N3O. The third kappa shape index (κ3) is 3.81. The van der Waals surface area contributed by atoms with Crippen LogP contribution in [0.4, 0.5) is 5.69 Å². The van der Waals surface area contributed by atoms with E-state index >= 15 is 0 Å². The SMILES string of the molecule is Nc1ccccc1CC(=O)/C=C/c1cnn(CC2CC2)c1. The van der Waals surface area contributed by atoms with Crippen LogP contribution >= 0.6 is 0 Å². The van der Waals surface area contributed by atoms with Crippen LogP contribution in [-0.2, 0) is 17.8 Å². The third-order valence-corrected chi connectivity index (χ3v) is 3.68. The van der Waals surface area contributed by atoms with Crippen molar-refractivity contribution in [3.63, 3.8) is 0 Å². The van der Waals surface area contributed by atoms with Gasteiger partial charge in [-0.1, -0.05) is 18.2 Å². The fourth-order valence-electron chi connectivity index (χ4n) is 2.26. The molecule has 0 saturated heterocycles. The molecule has 1 fully saturated rings. The molecule has 1 saturated carbocycles. The largest absolute Gasteiger partial charge is 0.398 e. The minimum absolute atomic E-state index is 0.0443. The number of hydrogen-bond acceptors (Lipinski definition) is 3. The van der Waals surface area contributed by atoms with Gasteiger partial charge in [-0.05, 0) is 42.5 Å². The fraction of sp³-hybridized carbons (Fsp3) is 0.294. The molecule has 2 aromatic rings. The van der Waals surface area contributed by atoms with Gasteiger partial charge in [0.2, 0.25) is 0 Å². The highest BCUT2D eigenvalue weighted by atomic mass is 16.1. The van der Waals surface area contributed by atoms with Gasteiger partial charge in [0.1, 0.15) is 0 Å². The molecule has 1 heterocycles. The van der Waals surface area contributed by atoms with Gasteiger partial charge in [0.05, 0.1) is 6.20 Å². The van der Waals surface area contributed by atoms with Crippen molar-refractivity contribution in [1.82, 2.24) is 9.78 Å². The number of hydrogen-bond donors (Lipinski definition) is 1. The Morgan fingerprint density at radius 1 is 1.38 bits per heavy atom. The number of nitrogen functional groups attached to an aromatic ring is 1. The molecule has 1 aromatic heterocycles. The van der Waals surface area contributed by atoms with Gasteiger partial charge in [-0.25, -0.2) is 0 Å². The van der Waals surface area contributed by atoms with E-state index in [4.69, 9.17) is 5.73 Å². The van der Waals surface area contributed by atoms with Crippen molar-refractivity contribution in [2.24, 2.45) is 5.92 Å². The van der Waals surface area contributed by atoms with E-state index in [2.05, 4.69) is 5.10 Å². The van der Waals surface area contributed by atoms with Crippen molar-refractivity contribution in [2.45, 2.75) is 25.8 Å². The second-order valence-corrected chi connectivity index (χ2v) is 5.61. The van der Waals surface area contributed by atoms with Gasteiger partial charge in [0, 0.05) is 30.4 Å². The summed E-state index contributed by atoms with van der Waals surface area (Å²) >= 11 is 0. The first-order valence-corrected chi connectivity index (χ1v) is 7.27. The lowest BCUT2D eigenvalue weighted by molar-refractivity contribution is -0.113. The monoisotopic (exact) mass is 281 g/mol. The Morgan fingerprint density at radius 3 is 2.95 bits per heavy atom. The number of nitrogens with two attached hydrogens (primary N) is 1. The summed E-state index contributed by atoms with van der Waals surface area (Å²) in [5.74, 6) is 0.840. The van der Waals surface area contributed by atoms with Crippen LogP contribution in [0.2, 0.25) is 0 Å². The summed E-state index contributed by atoms with van der Waals surface area (Å²) in [4.78, 5) is 12.0. The van der Waals surface area contributed by atoms with Crippen molar-refractivity contribution in [2.75, 3.05) is 5.73 Å². The van der Waals surface area contributed by atoms with E-state index in [1.807, 2.05) is 41.2 Å². The Morgan fingerprint density at radius 2 is 2.19 bits per heavy atom. The number of rotatable bonds is 6. The van der Waals surface area contributed by atoms with Crippen LogP contribution in [0.15, 0.2) is 42.7 Å². The van der Waals surface area contributed by atoms with Crippen LogP contribution in [0.3, 0.4) is 0 Å². The van der Waals surface area contributed by atoms with E-state index < -0.39 is 0 Å². The van der Waals surface area contributed by atoms with E-state index in [1.165, 1.54) is 12.8 Å². The molecule has 4 heteroatoms. The van der Waals surface area contributed by atoms with E-state index in [0.717, 1.165) is 23.6 Å². The standard InChI is InChI=1S/C17H19N3O/c18-17-4-2-1-3-15(17)9-16(21)8-7-14-10-19-20(12-14)11-13-5-6-13/h1-4,7-8,10,12-13H,5-6,9,11,18H2/b8-7+. The summed E-state index contributed by atoms with van der Waals surface area (Å²) < 4.78 is 1.96. The first kappa shape index (κ1) is 13.6. The molecule has 21 heavy (non-hydrogen) atoms. The number of allylic oxidation sites excluding steroid dienone is 1. The molecular weight excluding hydrogens is 262 g/mol. The number of nitrogens with zero attached hydrogens (tertiary/aromatic N) is 2. The second kappa shape index (κ2) is 5.95. The second-order valence-electron chi connectivity index (χ2n) is 5.61. The molecule has 1 aromatic carbocycles. The summed E-state index contributed by atoms with van der Waals surface area (Å²) in [6.45, 7) is 0.988. The Kier molecular flexibility index (Phi) is 3.86. The molecule has 1 aliphatic rings. The quantitative estimate of drug-likeness (QED) is 0.654. The highest BCUT2D eigenvalue weighted by Gasteiger charge is 2.21. The van der Waals surface area contributed by atoms with Crippen molar-refractivity contribution in [3.8, 4) is 0 Å². The molecule has 0 radical (unpaired) electrons. The number of anilines is 1. The molecule has 0 atom stereocenters. The highest BCUT2D eigenvalue weighted by molar-refractivity contribution is 5.95. The average Bonchev–Trinajstić information content (AvgIpc) is 3.16. The number of carbonyl (C=O) groups excluding carboxylic acids is 1. The van der Waals surface area contributed by atoms with Crippen LogP contribution < -0.4 is 5.73 Å². The lowest BCUT2D eigenvalue weighted by Gasteiger charge is -2.01. The number of ketones is 1. The summed E-state index contributed by atoms with van der Waals surface area (Å²) in [6, 6.07) is 7.46. The minimum atomic E-state index is 0.0443. The van der Waals surface area contributed by atoms with Crippen molar-refractivity contribution < 1.29 is 4.79 Å². The lowest BCUT2D eigenvalue weighted by atomic mass is 10.1. The molecule has 0 amide bonds. The van der Waals surface area contributed by atoms with Gasteiger partial charge in [-0.3, -0.25) is 9.48 Å². The van der Waals surface area contributed by atoms with Crippen LogP contribution in [-0.4, -0.2) is 15.6 Å². The fourth-order valence-corrected chi connectivity index (χ4v) is 2.26. The van der Waals surface area contributed by atoms with Gasteiger partial charge in [0.15, 0.2) is 5.78 Å². The molecule has 4 nitrogen and oxygen atoms in total. The van der Waals surface area contributed by atoms with Gasteiger partial charge in [-0.15, -0.1) is 0 Å². The van der Waals surface area contributed by atoms with Crippen LogP contribution in [0.1, 0.15) is 24.0 Å². The summed E-state index contributed by atoms with van der Waals surface area (Å²) in [5, 5.41) is 4.31. The molecule has 0 aliphatic heterocycles. The Bertz CT molecular complexity index is 668. The molecule has 0 spiro atoms. The van der Waals surface area contributed by atoms with Crippen molar-refractivity contribution in [1.29, 1.82) is 0 Å². The molecule has 0 unspecified atom stereocenters. The Balaban J connectivity index is 1.58. The smallest absolute Gasteiger partial charge is 0.160 e. The van der Waals surface area contributed by atoms with E-state index in [0.29, 0.717) is 12.1 Å². The van der Waals surface area contributed by atoms with Crippen LogP contribution in [0, 0.1) is 5.92 Å². The topological polar surface area (TPSA) is 60.9 Å². The van der Waals surface area contributed by atoms with Gasteiger partial charge < -0.3 is 5.73 Å². The molecule has 1 aliphatic carbocycles. The van der Waals surface area contributed by atoms with E-state index in [9.17, 15) is 4.79 Å². The van der Waals surface area contributed by atoms with Crippen LogP contribution in [0.25, 0.3) is 6.08 Å². The van der Waals surface area contributed by atoms with Crippen molar-refractivity contribution in [3.05, 3.63) is 53.9 Å². The molecule has 0 bridgehead atoms. The normalized spacial score (nSPS) is 14.7. The van der Waals surface area contributed by atoms with E-state index in [-0.39, 0.29) is 5.78 Å². The predicted octanol–water partition coefficient (Wildman–Crippen LogP) is 2.70. The van der Waals surface area contributed by atoms with Gasteiger partial charge >= 0.3 is 0 Å². The summed E-state index contributed by atoms with van der Waals surface area (Å²) in [7, 11) is 0. The minimum Gasteiger partial charge on any atom is -0.398 e.